The number of ether oxygens (including phenoxy) is 1. The van der Waals surface area contributed by atoms with E-state index >= 15 is 0 Å². The molecule has 1 aromatic carbocycles. The minimum atomic E-state index is -0.477. The van der Waals surface area contributed by atoms with Gasteiger partial charge in [0.05, 0.1) is 37.0 Å². The maximum atomic E-state index is 14.3. The van der Waals surface area contributed by atoms with Crippen molar-refractivity contribution < 1.29 is 14.2 Å². The number of benzene rings is 1. The largest absolute Gasteiger partial charge is 0.393 e. The third-order valence-electron chi connectivity index (χ3n) is 4.36. The first kappa shape index (κ1) is 12.1. The van der Waals surface area contributed by atoms with Crippen LogP contribution in [0.5, 0.6) is 0 Å². The minimum absolute atomic E-state index is 0.144. The highest BCUT2D eigenvalue weighted by atomic mass is 19.1. The lowest BCUT2D eigenvalue weighted by atomic mass is 9.86. The van der Waals surface area contributed by atoms with E-state index in [0.29, 0.717) is 25.2 Å². The van der Waals surface area contributed by atoms with Gasteiger partial charge in [0, 0.05) is 23.7 Å². The Hall–Kier alpha value is -1.72. The molecule has 4 nitrogen and oxygen atoms in total. The molecule has 3 heterocycles. The Morgan fingerprint density at radius 2 is 2.30 bits per heavy atom. The van der Waals surface area contributed by atoms with Gasteiger partial charge >= 0.3 is 0 Å². The van der Waals surface area contributed by atoms with E-state index in [-0.39, 0.29) is 17.8 Å². The van der Waals surface area contributed by atoms with Gasteiger partial charge in [-0.2, -0.15) is 0 Å². The lowest BCUT2D eigenvalue weighted by Crippen LogP contribution is -2.37. The molecule has 1 saturated heterocycles. The van der Waals surface area contributed by atoms with Gasteiger partial charge in [-0.15, -0.1) is 0 Å². The summed E-state index contributed by atoms with van der Waals surface area (Å²) in [6.07, 6.45) is 3.57. The minimum Gasteiger partial charge on any atom is -0.393 e. The molecule has 2 aliphatic rings. The molecule has 0 amide bonds. The van der Waals surface area contributed by atoms with Gasteiger partial charge in [-0.05, 0) is 12.5 Å². The molecule has 2 aromatic rings. The first-order valence-electron chi connectivity index (χ1n) is 6.84. The molecular weight excluding hydrogens is 259 g/mol. The Bertz CT molecular complexity index is 655. The Kier molecular flexibility index (Phi) is 2.65. The summed E-state index contributed by atoms with van der Waals surface area (Å²) >= 11 is 0. The highest BCUT2D eigenvalue weighted by Gasteiger charge is 2.40. The monoisotopic (exact) mass is 274 g/mol. The zero-order valence-electron chi connectivity index (χ0n) is 10.9. The van der Waals surface area contributed by atoms with Crippen LogP contribution in [0.1, 0.15) is 18.0 Å². The van der Waals surface area contributed by atoms with Gasteiger partial charge in [0.2, 0.25) is 0 Å². The summed E-state index contributed by atoms with van der Waals surface area (Å²) in [5.41, 5.74) is 2.42. The third-order valence-corrected chi connectivity index (χ3v) is 4.36. The summed E-state index contributed by atoms with van der Waals surface area (Å²) in [7, 11) is 0. The average molecular weight is 274 g/mol. The van der Waals surface area contributed by atoms with Crippen molar-refractivity contribution in [2.75, 3.05) is 13.2 Å². The van der Waals surface area contributed by atoms with E-state index in [1.807, 2.05) is 10.6 Å². The van der Waals surface area contributed by atoms with Crippen LogP contribution in [0.25, 0.3) is 11.3 Å². The molecule has 20 heavy (non-hydrogen) atoms. The molecule has 0 bridgehead atoms. The topological polar surface area (TPSA) is 47.3 Å². The second-order valence-electron chi connectivity index (χ2n) is 5.43. The zero-order valence-corrected chi connectivity index (χ0v) is 10.9. The number of aromatic nitrogens is 2. The second kappa shape index (κ2) is 4.40. The molecule has 2 unspecified atom stereocenters. The van der Waals surface area contributed by atoms with Gasteiger partial charge in [0.1, 0.15) is 5.82 Å². The van der Waals surface area contributed by atoms with E-state index in [1.165, 1.54) is 6.07 Å². The van der Waals surface area contributed by atoms with Crippen LogP contribution < -0.4 is 0 Å². The summed E-state index contributed by atoms with van der Waals surface area (Å²) < 4.78 is 21.8. The van der Waals surface area contributed by atoms with Crippen LogP contribution in [0.2, 0.25) is 0 Å². The molecular formula is C15H15FN2O2. The fraction of sp³-hybridized carbons (Fsp3) is 0.400. The number of aliphatic hydroxyl groups is 1. The van der Waals surface area contributed by atoms with Gasteiger partial charge in [0.25, 0.3) is 0 Å². The Balaban J connectivity index is 1.88. The van der Waals surface area contributed by atoms with Crippen molar-refractivity contribution in [3.05, 3.63) is 42.1 Å². The number of hydrogen-bond acceptors (Lipinski definition) is 3. The maximum absolute atomic E-state index is 14.3. The molecule has 5 heteroatoms. The fourth-order valence-electron chi connectivity index (χ4n) is 3.41. The van der Waals surface area contributed by atoms with Gasteiger partial charge in [0.15, 0.2) is 0 Å². The van der Waals surface area contributed by atoms with Gasteiger partial charge in [-0.1, -0.05) is 12.1 Å². The number of fused-ring (bicyclic) bond motifs is 3. The molecule has 0 aliphatic carbocycles. The Morgan fingerprint density at radius 3 is 3.15 bits per heavy atom. The number of imidazole rings is 1. The predicted octanol–water partition coefficient (Wildman–Crippen LogP) is 1.99. The van der Waals surface area contributed by atoms with E-state index in [2.05, 4.69) is 4.98 Å². The number of halogens is 1. The molecule has 0 spiro atoms. The molecule has 4 rings (SSSR count). The third kappa shape index (κ3) is 1.57. The summed E-state index contributed by atoms with van der Waals surface area (Å²) in [5, 5.41) is 10.3. The summed E-state index contributed by atoms with van der Waals surface area (Å²) in [6.45, 7) is 1.00. The maximum Gasteiger partial charge on any atom is 0.129 e. The van der Waals surface area contributed by atoms with Crippen LogP contribution in [0, 0.1) is 11.7 Å². The lowest BCUT2D eigenvalue weighted by molar-refractivity contribution is -0.0484. The van der Waals surface area contributed by atoms with Crippen LogP contribution in [-0.4, -0.2) is 34.0 Å². The van der Waals surface area contributed by atoms with E-state index in [1.54, 1.807) is 18.6 Å². The van der Waals surface area contributed by atoms with Gasteiger partial charge in [-0.25, -0.2) is 9.37 Å². The van der Waals surface area contributed by atoms with E-state index in [9.17, 15) is 9.50 Å². The van der Waals surface area contributed by atoms with E-state index in [0.717, 1.165) is 11.3 Å². The van der Waals surface area contributed by atoms with Crippen LogP contribution >= 0.6 is 0 Å². The van der Waals surface area contributed by atoms with Crippen LogP contribution in [0.4, 0.5) is 4.39 Å². The Morgan fingerprint density at radius 1 is 1.40 bits per heavy atom. The summed E-state index contributed by atoms with van der Waals surface area (Å²) in [5.74, 6) is -0.371. The lowest BCUT2D eigenvalue weighted by Gasteiger charge is -2.33. The van der Waals surface area contributed by atoms with E-state index in [4.69, 9.17) is 4.74 Å². The number of hydrogen-bond donors (Lipinski definition) is 1. The van der Waals surface area contributed by atoms with Gasteiger partial charge in [-0.3, -0.25) is 0 Å². The van der Waals surface area contributed by atoms with Crippen molar-refractivity contribution in [2.45, 2.75) is 18.6 Å². The summed E-state index contributed by atoms with van der Waals surface area (Å²) in [4.78, 5) is 4.16. The molecule has 1 N–H and O–H groups in total. The van der Waals surface area contributed by atoms with Crippen molar-refractivity contribution in [1.29, 1.82) is 0 Å². The van der Waals surface area contributed by atoms with E-state index < -0.39 is 6.10 Å². The standard InChI is InChI=1S/C15H15FN2O2/c16-11-3-1-2-9-12-6-17-8-18(12)15(14(9)11)10-7-20-5-4-13(10)19/h1-3,6,8,10,13,15,19H,4-5,7H2/t10?,13?,15-/m0/s1. The smallest absolute Gasteiger partial charge is 0.129 e. The molecule has 0 saturated carbocycles. The molecule has 1 fully saturated rings. The van der Waals surface area contributed by atoms with Crippen molar-refractivity contribution in [2.24, 2.45) is 5.92 Å². The molecule has 2 aliphatic heterocycles. The molecule has 1 aromatic heterocycles. The van der Waals surface area contributed by atoms with Crippen molar-refractivity contribution in [3.63, 3.8) is 0 Å². The SMILES string of the molecule is OC1CCOCC1[C@H]1c2c(F)cccc2-c2cncn21. The number of aliphatic hydroxyl groups excluding tert-OH is 1. The normalized spacial score (nSPS) is 28.2. The quantitative estimate of drug-likeness (QED) is 0.865. The van der Waals surface area contributed by atoms with Crippen LogP contribution in [0.15, 0.2) is 30.7 Å². The highest BCUT2D eigenvalue weighted by Crippen LogP contribution is 2.45. The first-order valence-corrected chi connectivity index (χ1v) is 6.84. The average Bonchev–Trinajstić information content (AvgIpc) is 3.01. The Labute approximate surface area is 115 Å². The fourth-order valence-corrected chi connectivity index (χ4v) is 3.41. The predicted molar refractivity (Wildman–Crippen MR) is 70.7 cm³/mol. The molecule has 104 valence electrons. The van der Waals surface area contributed by atoms with Gasteiger partial charge < -0.3 is 14.4 Å². The van der Waals surface area contributed by atoms with Crippen molar-refractivity contribution in [3.8, 4) is 11.3 Å². The molecule has 0 radical (unpaired) electrons. The first-order chi connectivity index (χ1) is 9.77. The zero-order chi connectivity index (χ0) is 13.7. The van der Waals surface area contributed by atoms with Crippen LogP contribution in [0.3, 0.4) is 0 Å². The number of rotatable bonds is 1. The number of nitrogens with zero attached hydrogens (tertiary/aromatic N) is 2. The highest BCUT2D eigenvalue weighted by molar-refractivity contribution is 5.69. The van der Waals surface area contributed by atoms with Crippen molar-refractivity contribution >= 4 is 0 Å². The summed E-state index contributed by atoms with van der Waals surface area (Å²) in [6, 6.07) is 4.85. The van der Waals surface area contributed by atoms with Crippen molar-refractivity contribution in [1.82, 2.24) is 9.55 Å². The van der Waals surface area contributed by atoms with Crippen LogP contribution in [-0.2, 0) is 4.74 Å². The second-order valence-corrected chi connectivity index (χ2v) is 5.43. The molecule has 3 atom stereocenters.